The predicted octanol–water partition coefficient (Wildman–Crippen LogP) is 1.87. The normalized spacial score (nSPS) is 10.4. The summed E-state index contributed by atoms with van der Waals surface area (Å²) in [5, 5.41) is 9.13. The van der Waals surface area contributed by atoms with E-state index in [1.165, 1.54) is 12.1 Å². The number of carboxylic acid groups (broad SMARTS) is 1. The molecular formula is C12H16ClNO5. The minimum Gasteiger partial charge on any atom is -0.477 e. The van der Waals surface area contributed by atoms with Gasteiger partial charge in [-0.05, 0) is 18.6 Å². The first-order valence-corrected chi connectivity index (χ1v) is 6.12. The molecule has 7 heteroatoms. The van der Waals surface area contributed by atoms with E-state index in [9.17, 15) is 4.79 Å². The van der Waals surface area contributed by atoms with Crippen LogP contribution in [0.1, 0.15) is 16.8 Å². The van der Waals surface area contributed by atoms with Crippen LogP contribution in [0.3, 0.4) is 0 Å². The molecule has 1 aromatic rings. The fourth-order valence-corrected chi connectivity index (χ4v) is 1.44. The lowest BCUT2D eigenvalue weighted by atomic mass is 10.3. The van der Waals surface area contributed by atoms with E-state index in [4.69, 9.17) is 30.9 Å². The standard InChI is InChI=1S/C12H16ClNO5/c1-17-5-2-6-18-7-8-19-11-9(12(15)16)3-4-10(13)14-11/h3-4H,2,5-8H2,1H3,(H,15,16). The monoisotopic (exact) mass is 289 g/mol. The predicted molar refractivity (Wildman–Crippen MR) is 69.0 cm³/mol. The lowest BCUT2D eigenvalue weighted by molar-refractivity contribution is 0.0673. The molecule has 1 rings (SSSR count). The Kier molecular flexibility index (Phi) is 7.17. The first-order valence-electron chi connectivity index (χ1n) is 5.74. The van der Waals surface area contributed by atoms with Crippen LogP contribution in [0, 0.1) is 0 Å². The Bertz CT molecular complexity index is 413. The van der Waals surface area contributed by atoms with Crippen molar-refractivity contribution in [1.82, 2.24) is 4.98 Å². The maximum absolute atomic E-state index is 10.9. The molecule has 106 valence electrons. The summed E-state index contributed by atoms with van der Waals surface area (Å²) < 4.78 is 15.4. The number of ether oxygens (including phenoxy) is 3. The van der Waals surface area contributed by atoms with Crippen molar-refractivity contribution in [2.75, 3.05) is 33.5 Å². The van der Waals surface area contributed by atoms with E-state index in [1.807, 2.05) is 0 Å². The van der Waals surface area contributed by atoms with Crippen molar-refractivity contribution in [1.29, 1.82) is 0 Å². The van der Waals surface area contributed by atoms with Gasteiger partial charge in [0.25, 0.3) is 0 Å². The first kappa shape index (κ1) is 15.7. The summed E-state index contributed by atoms with van der Waals surface area (Å²) in [5.41, 5.74) is -0.0243. The number of pyridine rings is 1. The van der Waals surface area contributed by atoms with Crippen LogP contribution in [0.5, 0.6) is 5.88 Å². The van der Waals surface area contributed by atoms with E-state index in [2.05, 4.69) is 4.98 Å². The third-order valence-corrected chi connectivity index (χ3v) is 2.37. The summed E-state index contributed by atoms with van der Waals surface area (Å²) in [5.74, 6) is -1.11. The van der Waals surface area contributed by atoms with Crippen molar-refractivity contribution in [2.24, 2.45) is 0 Å². The van der Waals surface area contributed by atoms with Crippen molar-refractivity contribution in [2.45, 2.75) is 6.42 Å². The van der Waals surface area contributed by atoms with Crippen molar-refractivity contribution in [3.8, 4) is 5.88 Å². The lowest BCUT2D eigenvalue weighted by Crippen LogP contribution is -2.11. The summed E-state index contributed by atoms with van der Waals surface area (Å²) in [7, 11) is 1.63. The van der Waals surface area contributed by atoms with Gasteiger partial charge < -0.3 is 19.3 Å². The number of halogens is 1. The first-order chi connectivity index (χ1) is 9.15. The van der Waals surface area contributed by atoms with E-state index >= 15 is 0 Å². The zero-order chi connectivity index (χ0) is 14.1. The molecule has 1 aromatic heterocycles. The molecule has 0 fully saturated rings. The summed E-state index contributed by atoms with van der Waals surface area (Å²) in [6.07, 6.45) is 0.798. The van der Waals surface area contributed by atoms with E-state index < -0.39 is 5.97 Å². The summed E-state index contributed by atoms with van der Waals surface area (Å²) in [6.45, 7) is 1.75. The SMILES string of the molecule is COCCCOCCOc1nc(Cl)ccc1C(=O)O. The molecule has 0 saturated carbocycles. The van der Waals surface area contributed by atoms with Crippen LogP contribution in [0.2, 0.25) is 5.15 Å². The number of aromatic nitrogens is 1. The molecule has 0 saturated heterocycles. The van der Waals surface area contributed by atoms with E-state index in [0.29, 0.717) is 19.8 Å². The Morgan fingerprint density at radius 1 is 1.32 bits per heavy atom. The fraction of sp³-hybridized carbons (Fsp3) is 0.500. The van der Waals surface area contributed by atoms with Crippen molar-refractivity contribution in [3.05, 3.63) is 22.8 Å². The highest BCUT2D eigenvalue weighted by atomic mass is 35.5. The van der Waals surface area contributed by atoms with Gasteiger partial charge in [-0.3, -0.25) is 0 Å². The molecule has 0 unspecified atom stereocenters. The molecule has 0 aliphatic heterocycles. The summed E-state index contributed by atoms with van der Waals surface area (Å²) in [6, 6.07) is 2.76. The molecule has 19 heavy (non-hydrogen) atoms. The topological polar surface area (TPSA) is 77.9 Å². The van der Waals surface area contributed by atoms with E-state index in [1.54, 1.807) is 7.11 Å². The average Bonchev–Trinajstić information content (AvgIpc) is 2.37. The Balaban J connectivity index is 2.36. The third kappa shape index (κ3) is 5.87. The molecule has 0 radical (unpaired) electrons. The number of hydrogen-bond donors (Lipinski definition) is 1. The van der Waals surface area contributed by atoms with Gasteiger partial charge in [0.15, 0.2) is 0 Å². The Labute approximate surface area is 116 Å². The second kappa shape index (κ2) is 8.68. The molecule has 0 atom stereocenters. The van der Waals surface area contributed by atoms with Gasteiger partial charge in [-0.15, -0.1) is 0 Å². The molecule has 1 heterocycles. The van der Waals surface area contributed by atoms with Gasteiger partial charge in [0.1, 0.15) is 17.3 Å². The second-order valence-electron chi connectivity index (χ2n) is 3.60. The highest BCUT2D eigenvalue weighted by molar-refractivity contribution is 6.29. The molecule has 0 aliphatic rings. The number of carbonyl (C=O) groups is 1. The van der Waals surface area contributed by atoms with Gasteiger partial charge >= 0.3 is 5.97 Å². The van der Waals surface area contributed by atoms with Crippen LogP contribution in [0.4, 0.5) is 0 Å². The number of carboxylic acids is 1. The van der Waals surface area contributed by atoms with Gasteiger partial charge in [0, 0.05) is 20.3 Å². The zero-order valence-electron chi connectivity index (χ0n) is 10.6. The quantitative estimate of drug-likeness (QED) is 0.552. The van der Waals surface area contributed by atoms with Crippen LogP contribution < -0.4 is 4.74 Å². The van der Waals surface area contributed by atoms with Crippen LogP contribution in [0.25, 0.3) is 0 Å². The second-order valence-corrected chi connectivity index (χ2v) is 3.99. The smallest absolute Gasteiger partial charge is 0.341 e. The maximum Gasteiger partial charge on any atom is 0.341 e. The largest absolute Gasteiger partial charge is 0.477 e. The zero-order valence-corrected chi connectivity index (χ0v) is 11.4. The highest BCUT2D eigenvalue weighted by Crippen LogP contribution is 2.18. The van der Waals surface area contributed by atoms with Crippen molar-refractivity contribution >= 4 is 17.6 Å². The summed E-state index contributed by atoms with van der Waals surface area (Å²) in [4.78, 5) is 14.8. The number of rotatable bonds is 9. The average molecular weight is 290 g/mol. The Morgan fingerprint density at radius 2 is 2.11 bits per heavy atom. The van der Waals surface area contributed by atoms with Gasteiger partial charge in [0.05, 0.1) is 6.61 Å². The van der Waals surface area contributed by atoms with Crippen molar-refractivity contribution < 1.29 is 24.1 Å². The minimum atomic E-state index is -1.11. The van der Waals surface area contributed by atoms with Gasteiger partial charge in [-0.2, -0.15) is 0 Å². The number of aromatic carboxylic acids is 1. The molecule has 0 amide bonds. The molecule has 1 N–H and O–H groups in total. The van der Waals surface area contributed by atoms with E-state index in [0.717, 1.165) is 6.42 Å². The number of nitrogens with zero attached hydrogens (tertiary/aromatic N) is 1. The molecule has 0 bridgehead atoms. The molecule has 0 aliphatic carbocycles. The van der Waals surface area contributed by atoms with E-state index in [-0.39, 0.29) is 23.2 Å². The molecule has 0 aromatic carbocycles. The van der Waals surface area contributed by atoms with Crippen LogP contribution >= 0.6 is 11.6 Å². The van der Waals surface area contributed by atoms with Crippen LogP contribution in [0.15, 0.2) is 12.1 Å². The lowest BCUT2D eigenvalue weighted by Gasteiger charge is -2.08. The summed E-state index contributed by atoms with van der Waals surface area (Å²) >= 11 is 5.69. The molecule has 0 spiro atoms. The Morgan fingerprint density at radius 3 is 2.79 bits per heavy atom. The van der Waals surface area contributed by atoms with Gasteiger partial charge in [-0.25, -0.2) is 9.78 Å². The number of methoxy groups -OCH3 is 1. The minimum absolute atomic E-state index is 0.000455. The van der Waals surface area contributed by atoms with Crippen molar-refractivity contribution in [3.63, 3.8) is 0 Å². The third-order valence-electron chi connectivity index (χ3n) is 2.16. The molecular weight excluding hydrogens is 274 g/mol. The van der Waals surface area contributed by atoms with Crippen LogP contribution in [-0.4, -0.2) is 49.6 Å². The maximum atomic E-state index is 10.9. The van der Waals surface area contributed by atoms with Gasteiger partial charge in [-0.1, -0.05) is 11.6 Å². The number of hydrogen-bond acceptors (Lipinski definition) is 5. The Hall–Kier alpha value is -1.37. The highest BCUT2D eigenvalue weighted by Gasteiger charge is 2.13. The van der Waals surface area contributed by atoms with Gasteiger partial charge in [0.2, 0.25) is 5.88 Å². The molecule has 6 nitrogen and oxygen atoms in total. The fourth-order valence-electron chi connectivity index (χ4n) is 1.30. The van der Waals surface area contributed by atoms with Crippen LogP contribution in [-0.2, 0) is 9.47 Å².